The normalized spacial score (nSPS) is 10.4. The highest BCUT2D eigenvalue weighted by molar-refractivity contribution is 7.17. The molecule has 2 aromatic rings. The van der Waals surface area contributed by atoms with Gasteiger partial charge in [0.15, 0.2) is 5.13 Å². The van der Waals surface area contributed by atoms with Crippen molar-refractivity contribution in [2.45, 2.75) is 6.42 Å². The molecule has 0 aliphatic rings. The molecule has 100 valence electrons. The van der Waals surface area contributed by atoms with Crippen LogP contribution in [0.2, 0.25) is 0 Å². The van der Waals surface area contributed by atoms with E-state index in [1.54, 1.807) is 0 Å². The highest BCUT2D eigenvalue weighted by Crippen LogP contribution is 2.18. The van der Waals surface area contributed by atoms with Gasteiger partial charge in [-0.2, -0.15) is 0 Å². The van der Waals surface area contributed by atoms with E-state index in [4.69, 9.17) is 5.11 Å². The third kappa shape index (κ3) is 3.72. The zero-order chi connectivity index (χ0) is 13.8. The first-order valence-electron chi connectivity index (χ1n) is 5.42. The van der Waals surface area contributed by atoms with Gasteiger partial charge in [0, 0.05) is 12.6 Å². The van der Waals surface area contributed by atoms with Gasteiger partial charge in [-0.15, -0.1) is 0 Å². The molecule has 0 fully saturated rings. The number of carboxylic acids is 1. The van der Waals surface area contributed by atoms with Crippen LogP contribution in [0.25, 0.3) is 0 Å². The number of nitrogens with zero attached hydrogens (tertiary/aromatic N) is 1. The molecule has 1 aromatic carbocycles. The maximum atomic E-state index is 12.9. The lowest BCUT2D eigenvalue weighted by Crippen LogP contribution is -2.04. The van der Waals surface area contributed by atoms with E-state index < -0.39 is 17.6 Å². The van der Waals surface area contributed by atoms with E-state index in [2.05, 4.69) is 10.3 Å². The Kier molecular flexibility index (Phi) is 4.06. The molecule has 2 rings (SSSR count). The van der Waals surface area contributed by atoms with Gasteiger partial charge in [-0.05, 0) is 24.1 Å². The van der Waals surface area contributed by atoms with Gasteiger partial charge in [-0.25, -0.2) is 18.6 Å². The first-order chi connectivity index (χ1) is 9.04. The topological polar surface area (TPSA) is 62.2 Å². The number of carboxylic acid groups (broad SMARTS) is 1. The lowest BCUT2D eigenvalue weighted by molar-refractivity contribution is 0.0702. The second-order valence-corrected chi connectivity index (χ2v) is 4.82. The number of halogens is 2. The average molecular weight is 284 g/mol. The Morgan fingerprint density at radius 1 is 1.32 bits per heavy atom. The summed E-state index contributed by atoms with van der Waals surface area (Å²) in [4.78, 5) is 14.7. The second kappa shape index (κ2) is 5.75. The highest BCUT2D eigenvalue weighted by Gasteiger charge is 2.08. The Hall–Kier alpha value is -2.02. The molecule has 0 aliphatic heterocycles. The number of carbonyl (C=O) groups is 1. The van der Waals surface area contributed by atoms with Crippen molar-refractivity contribution in [2.75, 3.05) is 11.9 Å². The van der Waals surface area contributed by atoms with Gasteiger partial charge in [0.2, 0.25) is 0 Å². The number of benzene rings is 1. The molecular formula is C12H10F2N2O2S. The molecule has 0 radical (unpaired) electrons. The van der Waals surface area contributed by atoms with Crippen LogP contribution >= 0.6 is 11.3 Å². The maximum Gasteiger partial charge on any atom is 0.347 e. The van der Waals surface area contributed by atoms with Crippen LogP contribution in [0, 0.1) is 11.6 Å². The third-order valence-corrected chi connectivity index (χ3v) is 3.27. The summed E-state index contributed by atoms with van der Waals surface area (Å²) in [5.74, 6) is -2.26. The van der Waals surface area contributed by atoms with Crippen LogP contribution in [0.3, 0.4) is 0 Å². The first-order valence-corrected chi connectivity index (χ1v) is 6.24. The van der Waals surface area contributed by atoms with Crippen molar-refractivity contribution in [1.29, 1.82) is 0 Å². The molecule has 0 aliphatic carbocycles. The minimum Gasteiger partial charge on any atom is -0.477 e. The van der Waals surface area contributed by atoms with E-state index in [0.29, 0.717) is 23.7 Å². The van der Waals surface area contributed by atoms with Crippen molar-refractivity contribution < 1.29 is 18.7 Å². The summed E-state index contributed by atoms with van der Waals surface area (Å²) < 4.78 is 25.9. The van der Waals surface area contributed by atoms with Crippen molar-refractivity contribution >= 4 is 22.4 Å². The van der Waals surface area contributed by atoms with Crippen LogP contribution in [-0.2, 0) is 6.42 Å². The van der Waals surface area contributed by atoms with E-state index in [9.17, 15) is 13.6 Å². The Morgan fingerprint density at radius 2 is 2.00 bits per heavy atom. The Balaban J connectivity index is 1.90. The molecule has 1 heterocycles. The van der Waals surface area contributed by atoms with Crippen LogP contribution in [0.1, 0.15) is 15.2 Å². The quantitative estimate of drug-likeness (QED) is 0.886. The molecule has 0 spiro atoms. The maximum absolute atomic E-state index is 12.9. The van der Waals surface area contributed by atoms with E-state index in [-0.39, 0.29) is 4.88 Å². The summed E-state index contributed by atoms with van der Waals surface area (Å²) in [6, 6.07) is 3.33. The van der Waals surface area contributed by atoms with Crippen LogP contribution in [0.15, 0.2) is 24.4 Å². The highest BCUT2D eigenvalue weighted by atomic mass is 32.1. The number of aromatic carboxylic acids is 1. The third-order valence-electron chi connectivity index (χ3n) is 2.33. The summed E-state index contributed by atoms with van der Waals surface area (Å²) in [6.07, 6.45) is 1.67. The minimum atomic E-state index is -1.03. The van der Waals surface area contributed by atoms with E-state index in [1.165, 1.54) is 18.3 Å². The number of aromatic nitrogens is 1. The molecule has 0 saturated heterocycles. The molecular weight excluding hydrogens is 274 g/mol. The predicted molar refractivity (Wildman–Crippen MR) is 67.6 cm³/mol. The second-order valence-electron chi connectivity index (χ2n) is 3.79. The largest absolute Gasteiger partial charge is 0.477 e. The molecule has 0 atom stereocenters. The zero-order valence-corrected chi connectivity index (χ0v) is 10.5. The fraction of sp³-hybridized carbons (Fsp3) is 0.167. The monoisotopic (exact) mass is 284 g/mol. The molecule has 19 heavy (non-hydrogen) atoms. The molecule has 0 amide bonds. The summed E-state index contributed by atoms with van der Waals surface area (Å²) in [6.45, 7) is 0.412. The summed E-state index contributed by atoms with van der Waals surface area (Å²) in [5, 5.41) is 12.1. The van der Waals surface area contributed by atoms with Crippen molar-refractivity contribution in [1.82, 2.24) is 4.98 Å². The van der Waals surface area contributed by atoms with Crippen LogP contribution < -0.4 is 5.32 Å². The van der Waals surface area contributed by atoms with Gasteiger partial charge in [0.05, 0.1) is 6.20 Å². The summed E-state index contributed by atoms with van der Waals surface area (Å²) >= 11 is 1.01. The Labute approximate surface area is 111 Å². The number of rotatable bonds is 5. The van der Waals surface area contributed by atoms with Crippen LogP contribution in [0.4, 0.5) is 13.9 Å². The van der Waals surface area contributed by atoms with Gasteiger partial charge >= 0.3 is 5.97 Å². The van der Waals surface area contributed by atoms with E-state index in [0.717, 1.165) is 17.4 Å². The van der Waals surface area contributed by atoms with Crippen molar-refractivity contribution in [3.8, 4) is 0 Å². The van der Waals surface area contributed by atoms with Gasteiger partial charge in [0.25, 0.3) is 0 Å². The van der Waals surface area contributed by atoms with Crippen LogP contribution in [0.5, 0.6) is 0 Å². The van der Waals surface area contributed by atoms with Gasteiger partial charge in [-0.1, -0.05) is 11.3 Å². The molecule has 0 saturated carbocycles. The number of nitrogens with one attached hydrogen (secondary N) is 1. The minimum absolute atomic E-state index is 0.138. The standard InChI is InChI=1S/C12H10F2N2O2S/c13-8-3-7(4-9(14)5-8)1-2-15-12-16-6-10(19-12)11(17)18/h3-6H,1-2H2,(H,15,16)(H,17,18). The van der Waals surface area contributed by atoms with Gasteiger partial charge in [0.1, 0.15) is 16.5 Å². The number of anilines is 1. The smallest absolute Gasteiger partial charge is 0.347 e. The van der Waals surface area contributed by atoms with Crippen molar-refractivity contribution in [3.05, 3.63) is 46.5 Å². The number of hydrogen-bond acceptors (Lipinski definition) is 4. The zero-order valence-electron chi connectivity index (χ0n) is 9.69. The SMILES string of the molecule is O=C(O)c1cnc(NCCc2cc(F)cc(F)c2)s1. The average Bonchev–Trinajstić information content (AvgIpc) is 2.76. The lowest BCUT2D eigenvalue weighted by Gasteiger charge is -2.03. The lowest BCUT2D eigenvalue weighted by atomic mass is 10.1. The van der Waals surface area contributed by atoms with Crippen LogP contribution in [-0.4, -0.2) is 22.6 Å². The summed E-state index contributed by atoms with van der Waals surface area (Å²) in [5.41, 5.74) is 0.528. The molecule has 4 nitrogen and oxygen atoms in total. The Bertz CT molecular complexity index is 581. The molecule has 2 N–H and O–H groups in total. The molecule has 7 heteroatoms. The van der Waals surface area contributed by atoms with Gasteiger partial charge in [-0.3, -0.25) is 0 Å². The van der Waals surface area contributed by atoms with E-state index >= 15 is 0 Å². The molecule has 0 unspecified atom stereocenters. The number of hydrogen-bond donors (Lipinski definition) is 2. The predicted octanol–water partition coefficient (Wildman–Crippen LogP) is 2.77. The fourth-order valence-corrected chi connectivity index (χ4v) is 2.20. The molecule has 0 bridgehead atoms. The van der Waals surface area contributed by atoms with Crippen molar-refractivity contribution in [3.63, 3.8) is 0 Å². The first kappa shape index (κ1) is 13.4. The summed E-state index contributed by atoms with van der Waals surface area (Å²) in [7, 11) is 0. The number of thiazole rings is 1. The fourth-order valence-electron chi connectivity index (χ4n) is 1.52. The van der Waals surface area contributed by atoms with Gasteiger partial charge < -0.3 is 10.4 Å². The van der Waals surface area contributed by atoms with Crippen molar-refractivity contribution in [2.24, 2.45) is 0 Å². The Morgan fingerprint density at radius 3 is 2.58 bits per heavy atom. The van der Waals surface area contributed by atoms with E-state index in [1.807, 2.05) is 0 Å². The molecule has 1 aromatic heterocycles.